The fourth-order valence-electron chi connectivity index (χ4n) is 2.56. The lowest BCUT2D eigenvalue weighted by Gasteiger charge is -2.20. The van der Waals surface area contributed by atoms with Gasteiger partial charge < -0.3 is 4.90 Å². The summed E-state index contributed by atoms with van der Waals surface area (Å²) >= 11 is 5.72. The predicted octanol–water partition coefficient (Wildman–Crippen LogP) is 4.54. The molecular formula is C19H19N3OS2. The number of anilines is 1. The third-order valence-electron chi connectivity index (χ3n) is 3.75. The summed E-state index contributed by atoms with van der Waals surface area (Å²) in [6.45, 7) is 2.58. The van der Waals surface area contributed by atoms with Crippen LogP contribution in [0.2, 0.25) is 0 Å². The highest BCUT2D eigenvalue weighted by Gasteiger charge is 2.22. The molecule has 6 heteroatoms. The molecule has 2 heterocycles. The number of aromatic nitrogens is 2. The molecule has 0 unspecified atom stereocenters. The number of carbonyl (C=O) groups is 1. The average molecular weight is 370 g/mol. The van der Waals surface area contributed by atoms with Crippen LogP contribution in [0.4, 0.5) is 5.00 Å². The van der Waals surface area contributed by atoms with Crippen molar-refractivity contribution in [3.05, 3.63) is 54.9 Å². The van der Waals surface area contributed by atoms with E-state index in [4.69, 9.17) is 4.98 Å². The van der Waals surface area contributed by atoms with E-state index in [2.05, 4.69) is 17.6 Å². The molecule has 25 heavy (non-hydrogen) atoms. The topological polar surface area (TPSA) is 46.1 Å². The van der Waals surface area contributed by atoms with E-state index in [1.807, 2.05) is 49.4 Å². The molecule has 1 amide bonds. The minimum absolute atomic E-state index is 0.0658. The molecule has 3 aromatic rings. The second-order valence-electron chi connectivity index (χ2n) is 5.39. The maximum Gasteiger partial charge on any atom is 0.228 e. The number of thiol groups is 1. The SMILES string of the molecule is CCN(C(=O)CCS)c1sc(-c2cccnc2)nc1-c1ccccc1. The van der Waals surface area contributed by atoms with Crippen LogP contribution >= 0.6 is 24.0 Å². The van der Waals surface area contributed by atoms with E-state index in [1.54, 1.807) is 17.3 Å². The van der Waals surface area contributed by atoms with Crippen molar-refractivity contribution in [2.24, 2.45) is 0 Å². The molecule has 0 aliphatic rings. The van der Waals surface area contributed by atoms with Gasteiger partial charge in [0.1, 0.15) is 15.7 Å². The Balaban J connectivity index is 2.11. The summed E-state index contributed by atoms with van der Waals surface area (Å²) in [4.78, 5) is 23.4. The molecule has 0 spiro atoms. The van der Waals surface area contributed by atoms with E-state index < -0.39 is 0 Å². The van der Waals surface area contributed by atoms with Crippen molar-refractivity contribution >= 4 is 34.9 Å². The second kappa shape index (κ2) is 8.27. The quantitative estimate of drug-likeness (QED) is 0.649. The van der Waals surface area contributed by atoms with E-state index >= 15 is 0 Å². The minimum atomic E-state index is 0.0658. The fraction of sp³-hybridized carbons (Fsp3) is 0.211. The van der Waals surface area contributed by atoms with Crippen molar-refractivity contribution in [2.75, 3.05) is 17.2 Å². The number of amides is 1. The Labute approximate surface area is 157 Å². The molecule has 0 bridgehead atoms. The Morgan fingerprint density at radius 2 is 1.92 bits per heavy atom. The van der Waals surface area contributed by atoms with Gasteiger partial charge in [0.2, 0.25) is 5.91 Å². The first-order chi connectivity index (χ1) is 12.2. The van der Waals surface area contributed by atoms with Crippen molar-refractivity contribution in [1.82, 2.24) is 9.97 Å². The summed E-state index contributed by atoms with van der Waals surface area (Å²) < 4.78 is 0. The lowest BCUT2D eigenvalue weighted by Crippen LogP contribution is -2.30. The van der Waals surface area contributed by atoms with Gasteiger partial charge in [-0.1, -0.05) is 41.7 Å². The third-order valence-corrected chi connectivity index (χ3v) is 5.10. The Hall–Kier alpha value is -2.18. The van der Waals surface area contributed by atoms with Crippen molar-refractivity contribution < 1.29 is 4.79 Å². The van der Waals surface area contributed by atoms with Crippen LogP contribution in [-0.2, 0) is 4.79 Å². The molecule has 0 atom stereocenters. The van der Waals surface area contributed by atoms with Gasteiger partial charge in [0.25, 0.3) is 0 Å². The number of nitrogens with zero attached hydrogens (tertiary/aromatic N) is 3. The number of benzene rings is 1. The van der Waals surface area contributed by atoms with E-state index in [-0.39, 0.29) is 5.91 Å². The first-order valence-corrected chi connectivity index (χ1v) is 9.57. The van der Waals surface area contributed by atoms with Crippen LogP contribution in [0.1, 0.15) is 13.3 Å². The first kappa shape index (κ1) is 17.6. The Kier molecular flexibility index (Phi) is 5.83. The van der Waals surface area contributed by atoms with Crippen molar-refractivity contribution in [1.29, 1.82) is 0 Å². The van der Waals surface area contributed by atoms with Crippen LogP contribution < -0.4 is 4.90 Å². The monoisotopic (exact) mass is 369 g/mol. The summed E-state index contributed by atoms with van der Waals surface area (Å²) in [6.07, 6.45) is 3.94. The molecule has 2 aromatic heterocycles. The van der Waals surface area contributed by atoms with Gasteiger partial charge in [0.05, 0.1) is 0 Å². The normalized spacial score (nSPS) is 10.6. The molecule has 0 aliphatic carbocycles. The Morgan fingerprint density at radius 1 is 1.16 bits per heavy atom. The van der Waals surface area contributed by atoms with Crippen LogP contribution in [0, 0.1) is 0 Å². The highest BCUT2D eigenvalue weighted by atomic mass is 32.1. The average Bonchev–Trinajstić information content (AvgIpc) is 3.09. The molecular weight excluding hydrogens is 350 g/mol. The van der Waals surface area contributed by atoms with Gasteiger partial charge >= 0.3 is 0 Å². The van der Waals surface area contributed by atoms with Crippen molar-refractivity contribution in [3.8, 4) is 21.8 Å². The van der Waals surface area contributed by atoms with Gasteiger partial charge in [-0.15, -0.1) is 0 Å². The lowest BCUT2D eigenvalue weighted by molar-refractivity contribution is -0.118. The molecule has 0 fully saturated rings. The highest BCUT2D eigenvalue weighted by molar-refractivity contribution is 7.80. The molecule has 0 aliphatic heterocycles. The standard InChI is InChI=1S/C19H19N3OS2/c1-2-22(16(23)10-12-24)19-17(14-7-4-3-5-8-14)21-18(25-19)15-9-6-11-20-13-15/h3-9,11,13,24H,2,10,12H2,1H3. The van der Waals surface area contributed by atoms with Gasteiger partial charge in [-0.25, -0.2) is 4.98 Å². The zero-order valence-corrected chi connectivity index (χ0v) is 15.6. The van der Waals surface area contributed by atoms with E-state index in [1.165, 1.54) is 11.3 Å². The molecule has 3 rings (SSSR count). The summed E-state index contributed by atoms with van der Waals surface area (Å²) in [5.41, 5.74) is 2.79. The number of hydrogen-bond donors (Lipinski definition) is 1. The van der Waals surface area contributed by atoms with Gasteiger partial charge in [0, 0.05) is 36.5 Å². The summed E-state index contributed by atoms with van der Waals surface area (Å²) in [6, 6.07) is 13.8. The maximum absolute atomic E-state index is 12.5. The van der Waals surface area contributed by atoms with Crippen LogP contribution in [-0.4, -0.2) is 28.2 Å². The molecule has 4 nitrogen and oxygen atoms in total. The summed E-state index contributed by atoms with van der Waals surface area (Å²) in [7, 11) is 0. The summed E-state index contributed by atoms with van der Waals surface area (Å²) in [5.74, 6) is 0.598. The van der Waals surface area contributed by atoms with Gasteiger partial charge in [0.15, 0.2) is 0 Å². The second-order valence-corrected chi connectivity index (χ2v) is 6.82. The molecule has 0 saturated carbocycles. The molecule has 128 valence electrons. The zero-order valence-electron chi connectivity index (χ0n) is 13.9. The molecule has 0 radical (unpaired) electrons. The van der Waals surface area contributed by atoms with E-state index in [0.29, 0.717) is 18.7 Å². The minimum Gasteiger partial charge on any atom is -0.302 e. The number of carbonyl (C=O) groups excluding carboxylic acids is 1. The predicted molar refractivity (Wildman–Crippen MR) is 107 cm³/mol. The van der Waals surface area contributed by atoms with Gasteiger partial charge in [-0.3, -0.25) is 9.78 Å². The first-order valence-electron chi connectivity index (χ1n) is 8.12. The lowest BCUT2D eigenvalue weighted by atomic mass is 10.1. The number of hydrogen-bond acceptors (Lipinski definition) is 5. The highest BCUT2D eigenvalue weighted by Crippen LogP contribution is 2.40. The van der Waals surface area contributed by atoms with Gasteiger partial charge in [-0.05, 0) is 24.8 Å². The fourth-order valence-corrected chi connectivity index (χ4v) is 3.91. The maximum atomic E-state index is 12.5. The zero-order chi connectivity index (χ0) is 17.6. The van der Waals surface area contributed by atoms with E-state index in [0.717, 1.165) is 26.8 Å². The Morgan fingerprint density at radius 3 is 2.56 bits per heavy atom. The number of rotatable bonds is 6. The van der Waals surface area contributed by atoms with Crippen molar-refractivity contribution in [2.45, 2.75) is 13.3 Å². The molecule has 0 N–H and O–H groups in total. The van der Waals surface area contributed by atoms with Crippen LogP contribution in [0.5, 0.6) is 0 Å². The molecule has 1 aromatic carbocycles. The van der Waals surface area contributed by atoms with Gasteiger partial charge in [-0.2, -0.15) is 12.6 Å². The number of thiazole rings is 1. The Bertz CT molecular complexity index is 834. The molecule has 0 saturated heterocycles. The third kappa shape index (κ3) is 3.91. The van der Waals surface area contributed by atoms with Crippen LogP contribution in [0.15, 0.2) is 54.9 Å². The van der Waals surface area contributed by atoms with Crippen molar-refractivity contribution in [3.63, 3.8) is 0 Å². The number of pyridine rings is 1. The van der Waals surface area contributed by atoms with E-state index in [9.17, 15) is 4.79 Å². The van der Waals surface area contributed by atoms with Crippen LogP contribution in [0.3, 0.4) is 0 Å². The van der Waals surface area contributed by atoms with Crippen LogP contribution in [0.25, 0.3) is 21.8 Å². The largest absolute Gasteiger partial charge is 0.302 e. The summed E-state index contributed by atoms with van der Waals surface area (Å²) in [5, 5.41) is 1.73. The smallest absolute Gasteiger partial charge is 0.228 e.